The van der Waals surface area contributed by atoms with E-state index in [2.05, 4.69) is 29.2 Å². The summed E-state index contributed by atoms with van der Waals surface area (Å²) in [5.41, 5.74) is 7.15. The second-order valence-electron chi connectivity index (χ2n) is 6.12. The first kappa shape index (κ1) is 15.9. The number of phenols is 1. The second-order valence-corrected chi connectivity index (χ2v) is 6.12. The molecule has 1 saturated heterocycles. The summed E-state index contributed by atoms with van der Waals surface area (Å²) in [6.07, 6.45) is 3.49. The monoisotopic (exact) mass is 292 g/mol. The Labute approximate surface area is 127 Å². The van der Waals surface area contributed by atoms with E-state index >= 15 is 0 Å². The number of hydrogen-bond donors (Lipinski definition) is 3. The molecule has 0 aliphatic carbocycles. The van der Waals surface area contributed by atoms with Gasteiger partial charge in [0.15, 0.2) is 0 Å². The van der Waals surface area contributed by atoms with E-state index < -0.39 is 0 Å². The molecule has 5 nitrogen and oxygen atoms in total. The van der Waals surface area contributed by atoms with E-state index in [4.69, 9.17) is 5.73 Å². The quantitative estimate of drug-likeness (QED) is 0.421. The first-order chi connectivity index (χ1) is 10.1. The average molecular weight is 292 g/mol. The standard InChI is InChI=1S/C16H28N4O/c1-19(2)9-3-8-18-13-6-10-20(11-7-13)14-4-5-15(17)16(21)12-14/h4-5,12-13,18,21H,3,6-11,17H2,1-2H3. The zero-order valence-electron chi connectivity index (χ0n) is 13.2. The summed E-state index contributed by atoms with van der Waals surface area (Å²) < 4.78 is 0. The molecule has 2 rings (SSSR count). The minimum Gasteiger partial charge on any atom is -0.506 e. The highest BCUT2D eigenvalue weighted by Crippen LogP contribution is 2.28. The fourth-order valence-electron chi connectivity index (χ4n) is 2.77. The highest BCUT2D eigenvalue weighted by Gasteiger charge is 2.19. The van der Waals surface area contributed by atoms with E-state index in [-0.39, 0.29) is 5.75 Å². The van der Waals surface area contributed by atoms with E-state index in [0.717, 1.165) is 44.7 Å². The highest BCUT2D eigenvalue weighted by atomic mass is 16.3. The number of anilines is 2. The topological polar surface area (TPSA) is 64.8 Å². The number of aromatic hydroxyl groups is 1. The molecule has 0 aromatic heterocycles. The van der Waals surface area contributed by atoms with Gasteiger partial charge in [-0.3, -0.25) is 0 Å². The lowest BCUT2D eigenvalue weighted by Crippen LogP contribution is -2.43. The lowest BCUT2D eigenvalue weighted by Gasteiger charge is -2.34. The molecule has 4 N–H and O–H groups in total. The van der Waals surface area contributed by atoms with Crippen molar-refractivity contribution >= 4 is 11.4 Å². The number of piperidine rings is 1. The molecule has 0 atom stereocenters. The van der Waals surface area contributed by atoms with Gasteiger partial charge in [0.1, 0.15) is 5.75 Å². The summed E-state index contributed by atoms with van der Waals surface area (Å²) >= 11 is 0. The zero-order chi connectivity index (χ0) is 15.2. The zero-order valence-corrected chi connectivity index (χ0v) is 13.2. The number of phenolic OH excluding ortho intramolecular Hbond substituents is 1. The first-order valence-electron chi connectivity index (χ1n) is 7.78. The predicted molar refractivity (Wildman–Crippen MR) is 88.9 cm³/mol. The molecule has 1 heterocycles. The Morgan fingerprint density at radius 1 is 1.33 bits per heavy atom. The van der Waals surface area contributed by atoms with Crippen molar-refractivity contribution in [1.29, 1.82) is 0 Å². The van der Waals surface area contributed by atoms with Gasteiger partial charge in [0.05, 0.1) is 5.69 Å². The van der Waals surface area contributed by atoms with Crippen molar-refractivity contribution in [2.45, 2.75) is 25.3 Å². The molecule has 0 spiro atoms. The van der Waals surface area contributed by atoms with Crippen LogP contribution in [0.2, 0.25) is 0 Å². The molecule has 1 fully saturated rings. The molecule has 1 aliphatic heterocycles. The molecule has 5 heteroatoms. The normalized spacial score (nSPS) is 16.6. The van der Waals surface area contributed by atoms with Crippen LogP contribution in [0.3, 0.4) is 0 Å². The third kappa shape index (κ3) is 4.79. The van der Waals surface area contributed by atoms with Gasteiger partial charge in [0, 0.05) is 30.9 Å². The van der Waals surface area contributed by atoms with Crippen LogP contribution in [0, 0.1) is 0 Å². The largest absolute Gasteiger partial charge is 0.506 e. The molecule has 118 valence electrons. The van der Waals surface area contributed by atoms with Crippen LogP contribution in [0.25, 0.3) is 0 Å². The predicted octanol–water partition coefficient (Wildman–Crippen LogP) is 1.48. The molecular formula is C16H28N4O. The van der Waals surface area contributed by atoms with Gasteiger partial charge in [0.25, 0.3) is 0 Å². The van der Waals surface area contributed by atoms with Crippen molar-refractivity contribution in [2.75, 3.05) is 50.9 Å². The van der Waals surface area contributed by atoms with Gasteiger partial charge >= 0.3 is 0 Å². The first-order valence-corrected chi connectivity index (χ1v) is 7.78. The van der Waals surface area contributed by atoms with E-state index in [1.165, 1.54) is 6.42 Å². The summed E-state index contributed by atoms with van der Waals surface area (Å²) in [5.74, 6) is 0.177. The number of nitrogens with zero attached hydrogens (tertiary/aromatic N) is 2. The SMILES string of the molecule is CN(C)CCCNC1CCN(c2ccc(N)c(O)c2)CC1. The second kappa shape index (κ2) is 7.52. The number of benzene rings is 1. The molecular weight excluding hydrogens is 264 g/mol. The van der Waals surface area contributed by atoms with Gasteiger partial charge in [-0.05, 0) is 58.6 Å². The molecule has 0 bridgehead atoms. The third-order valence-electron chi connectivity index (χ3n) is 4.09. The fourth-order valence-corrected chi connectivity index (χ4v) is 2.77. The summed E-state index contributed by atoms with van der Waals surface area (Å²) in [6, 6.07) is 6.14. The number of rotatable bonds is 6. The Bertz CT molecular complexity index is 442. The Hall–Kier alpha value is -1.46. The van der Waals surface area contributed by atoms with Crippen LogP contribution in [0.1, 0.15) is 19.3 Å². The van der Waals surface area contributed by atoms with Crippen LogP contribution in [0.15, 0.2) is 18.2 Å². The molecule has 0 amide bonds. The Morgan fingerprint density at radius 3 is 2.67 bits per heavy atom. The van der Waals surface area contributed by atoms with Crippen molar-refractivity contribution in [3.05, 3.63) is 18.2 Å². The van der Waals surface area contributed by atoms with Gasteiger partial charge in [-0.2, -0.15) is 0 Å². The van der Waals surface area contributed by atoms with Crippen LogP contribution in [0.5, 0.6) is 5.75 Å². The summed E-state index contributed by atoms with van der Waals surface area (Å²) in [7, 11) is 4.22. The maximum absolute atomic E-state index is 9.70. The maximum Gasteiger partial charge on any atom is 0.140 e. The molecule has 1 aliphatic rings. The van der Waals surface area contributed by atoms with Crippen LogP contribution in [0.4, 0.5) is 11.4 Å². The van der Waals surface area contributed by atoms with Crippen LogP contribution < -0.4 is 16.0 Å². The van der Waals surface area contributed by atoms with Crippen LogP contribution in [-0.2, 0) is 0 Å². The van der Waals surface area contributed by atoms with E-state index in [1.807, 2.05) is 6.07 Å². The van der Waals surface area contributed by atoms with Crippen molar-refractivity contribution in [2.24, 2.45) is 0 Å². The van der Waals surface area contributed by atoms with Crippen molar-refractivity contribution < 1.29 is 5.11 Å². The molecule has 0 unspecified atom stereocenters. The lowest BCUT2D eigenvalue weighted by atomic mass is 10.0. The highest BCUT2D eigenvalue weighted by molar-refractivity contribution is 5.61. The van der Waals surface area contributed by atoms with E-state index in [1.54, 1.807) is 12.1 Å². The number of nitrogens with one attached hydrogen (secondary N) is 1. The number of nitrogen functional groups attached to an aromatic ring is 1. The summed E-state index contributed by atoms with van der Waals surface area (Å²) in [6.45, 7) is 4.27. The Balaban J connectivity index is 1.74. The van der Waals surface area contributed by atoms with Crippen molar-refractivity contribution in [1.82, 2.24) is 10.2 Å². The lowest BCUT2D eigenvalue weighted by molar-refractivity contribution is 0.368. The van der Waals surface area contributed by atoms with Gasteiger partial charge in [-0.25, -0.2) is 0 Å². The number of nitrogens with two attached hydrogens (primary N) is 1. The van der Waals surface area contributed by atoms with Gasteiger partial charge in [-0.15, -0.1) is 0 Å². The van der Waals surface area contributed by atoms with Crippen LogP contribution in [-0.4, -0.2) is 56.3 Å². The van der Waals surface area contributed by atoms with Gasteiger partial charge in [-0.1, -0.05) is 0 Å². The molecule has 0 radical (unpaired) electrons. The molecule has 1 aromatic rings. The van der Waals surface area contributed by atoms with Gasteiger partial charge < -0.3 is 26.0 Å². The minimum absolute atomic E-state index is 0.177. The maximum atomic E-state index is 9.70. The number of hydrogen-bond acceptors (Lipinski definition) is 5. The molecule has 1 aromatic carbocycles. The summed E-state index contributed by atoms with van der Waals surface area (Å²) in [4.78, 5) is 4.54. The third-order valence-corrected chi connectivity index (χ3v) is 4.09. The smallest absolute Gasteiger partial charge is 0.140 e. The van der Waals surface area contributed by atoms with Crippen molar-refractivity contribution in [3.63, 3.8) is 0 Å². The van der Waals surface area contributed by atoms with Crippen LogP contribution >= 0.6 is 0 Å². The molecule has 0 saturated carbocycles. The Morgan fingerprint density at radius 2 is 2.05 bits per heavy atom. The van der Waals surface area contributed by atoms with Gasteiger partial charge in [0.2, 0.25) is 0 Å². The van der Waals surface area contributed by atoms with E-state index in [0.29, 0.717) is 11.7 Å². The minimum atomic E-state index is 0.177. The summed E-state index contributed by atoms with van der Waals surface area (Å²) in [5, 5.41) is 13.3. The Kier molecular flexibility index (Phi) is 5.70. The fraction of sp³-hybridized carbons (Fsp3) is 0.625. The average Bonchev–Trinajstić information content (AvgIpc) is 2.47. The van der Waals surface area contributed by atoms with Crippen molar-refractivity contribution in [3.8, 4) is 5.75 Å². The molecule has 21 heavy (non-hydrogen) atoms. The van der Waals surface area contributed by atoms with E-state index in [9.17, 15) is 5.11 Å².